The molecule has 2 heterocycles. The van der Waals surface area contributed by atoms with Gasteiger partial charge < -0.3 is 32.7 Å². The van der Waals surface area contributed by atoms with Crippen LogP contribution in [0.5, 0.6) is 0 Å². The number of nitrogens with zero attached hydrogens (tertiary/aromatic N) is 2. The molecule has 11 nitrogen and oxygen atoms in total. The van der Waals surface area contributed by atoms with Gasteiger partial charge in [-0.1, -0.05) is 106 Å². The number of carbonyl (C=O) groups is 1. The molecule has 0 aliphatic heterocycles. The van der Waals surface area contributed by atoms with Gasteiger partial charge in [0.15, 0.2) is 2.82 Å². The van der Waals surface area contributed by atoms with Crippen molar-refractivity contribution in [3.8, 4) is 0 Å². The van der Waals surface area contributed by atoms with Gasteiger partial charge in [0.05, 0.1) is 40.0 Å². The van der Waals surface area contributed by atoms with Gasteiger partial charge in [-0.05, 0) is 79.9 Å². The van der Waals surface area contributed by atoms with Crippen LogP contribution in [-0.4, -0.2) is 31.0 Å². The van der Waals surface area contributed by atoms with Crippen molar-refractivity contribution < 1.29 is 28.5 Å². The van der Waals surface area contributed by atoms with E-state index in [4.69, 9.17) is 20.8 Å². The number of hydrogen-bond acceptors (Lipinski definition) is 8. The van der Waals surface area contributed by atoms with Crippen molar-refractivity contribution >= 4 is 176 Å². The molecule has 62 heavy (non-hydrogen) atoms. The molecular weight excluding hydrogens is 1660 g/mol. The summed E-state index contributed by atoms with van der Waals surface area (Å²) < 4.78 is 19.9. The molecule has 0 radical (unpaired) electrons. The number of para-hydroxylation sites is 1. The van der Waals surface area contributed by atoms with Crippen LogP contribution < -0.4 is 28.7 Å². The van der Waals surface area contributed by atoms with E-state index in [2.05, 4.69) is 165 Å². The Balaban J connectivity index is -0.000000741. The quantitative estimate of drug-likeness (QED) is 0.0732. The maximum atomic E-state index is 11.9. The van der Waals surface area contributed by atoms with Gasteiger partial charge >= 0.3 is 120 Å². The number of carboxylic acids is 1. The van der Waals surface area contributed by atoms with E-state index in [-0.39, 0.29) is 21.6 Å². The van der Waals surface area contributed by atoms with Crippen LogP contribution in [0.3, 0.4) is 0 Å². The second kappa shape index (κ2) is 42.1. The molecule has 0 aliphatic rings. The normalized spacial score (nSPS) is 9.44. The number of aromatic amines is 2. The average Bonchev–Trinajstić information content (AvgIpc) is 3.31. The van der Waals surface area contributed by atoms with Crippen molar-refractivity contribution in [2.45, 2.75) is 48.0 Å². The van der Waals surface area contributed by atoms with Crippen LogP contribution in [0.25, 0.3) is 21.8 Å². The second-order valence-corrected chi connectivity index (χ2v) is 58.1. The zero-order chi connectivity index (χ0) is 50.5. The Labute approximate surface area is 459 Å². The van der Waals surface area contributed by atoms with Gasteiger partial charge in [-0.3, -0.25) is 9.59 Å². The summed E-state index contributed by atoms with van der Waals surface area (Å²) in [6.07, 6.45) is 6.95. The van der Waals surface area contributed by atoms with E-state index >= 15 is 0 Å². The molecule has 0 unspecified atom stereocenters. The molecule has 0 fully saturated rings. The number of aryl methyl sites for hydroxylation is 2. The predicted octanol–water partition coefficient (Wildman–Crippen LogP) is 14.7. The third-order valence-corrected chi connectivity index (χ3v) is 6.91. The number of H-pyrrole nitrogens is 2. The van der Waals surface area contributed by atoms with Crippen LogP contribution in [0.2, 0.25) is 4.24 Å². The number of nitrogens with one attached hydrogen (secondary N) is 2. The van der Waals surface area contributed by atoms with E-state index in [1.54, 1.807) is 30.3 Å². The number of anilines is 2. The number of carboxylic acid groups (broad SMARTS) is 1. The minimum absolute atomic E-state index is 0.171. The van der Waals surface area contributed by atoms with E-state index in [9.17, 15) is 14.4 Å². The maximum absolute atomic E-state index is 11.9. The molecule has 0 amide bonds. The predicted molar refractivity (Wildman–Crippen MR) is 318 cm³/mol. The zero-order valence-corrected chi connectivity index (χ0v) is 52.5. The van der Waals surface area contributed by atoms with E-state index in [0.717, 1.165) is 38.8 Å². The van der Waals surface area contributed by atoms with Crippen molar-refractivity contribution in [3.05, 3.63) is 176 Å². The van der Waals surface area contributed by atoms with Crippen molar-refractivity contribution in [1.82, 2.24) is 26.1 Å². The van der Waals surface area contributed by atoms with Gasteiger partial charge in [-0.25, -0.2) is 14.8 Å². The second-order valence-electron chi connectivity index (χ2n) is 11.0. The molecule has 20 heteroatoms. The van der Waals surface area contributed by atoms with Gasteiger partial charge in [0.1, 0.15) is 1.41 Å². The first-order valence-corrected chi connectivity index (χ1v) is 46.6. The molecular formula is C42H51I7N7O4V2. The Morgan fingerprint density at radius 2 is 1.11 bits per heavy atom. The number of fused-ring (bicyclic) bond motifs is 2. The number of rotatable bonds is 3. The Kier molecular flexibility index (Phi) is 40.5. The fourth-order valence-corrected chi connectivity index (χ4v) is 4.48. The summed E-state index contributed by atoms with van der Waals surface area (Å²) in [5.41, 5.74) is 16.8. The molecule has 0 saturated heterocycles. The van der Waals surface area contributed by atoms with Crippen molar-refractivity contribution in [2.24, 2.45) is 0 Å². The summed E-state index contributed by atoms with van der Waals surface area (Å²) >= 11 is 16.4. The van der Waals surface area contributed by atoms with Gasteiger partial charge in [0.2, 0.25) is 0 Å². The SMILES string of the molecule is CC.CC.Cc1ccc(N)c(C(=O)O)c1.II.Nc1ccccc1.[2H]N.[2H]n1cnc2ccc(C)cc2c1=O.[2H]n1cnc2ccc(Cc3ccccc3)cc2c1=O.[I][V]([I])[I].[I][V][I]. The zero-order valence-electron chi connectivity index (χ0n) is 37.6. The van der Waals surface area contributed by atoms with Crippen LogP contribution in [0.15, 0.2) is 138 Å². The van der Waals surface area contributed by atoms with Crippen LogP contribution >= 0.6 is 137 Å². The first kappa shape index (κ1) is 59.7. The van der Waals surface area contributed by atoms with Crippen LogP contribution in [-0.2, 0) is 20.8 Å². The summed E-state index contributed by atoms with van der Waals surface area (Å²) in [6.45, 7) is 11.7. The summed E-state index contributed by atoms with van der Waals surface area (Å²) in [5.74, 6) is -0.980. The topological polar surface area (TPSA) is 216 Å². The number of halogens is 7. The number of aromatic carboxylic acids is 1. The molecule has 0 aliphatic carbocycles. The van der Waals surface area contributed by atoms with Gasteiger partial charge in [-0.15, -0.1) is 0 Å². The number of benzene rings is 5. The molecule has 5 aromatic carbocycles. The molecule has 337 valence electrons. The third-order valence-electron chi connectivity index (χ3n) is 6.91. The summed E-state index contributed by atoms with van der Waals surface area (Å²) in [4.78, 5) is 43.0. The number of nitrogens with two attached hydrogens (primary N) is 2. The molecule has 0 bridgehead atoms. The van der Waals surface area contributed by atoms with Crippen molar-refractivity contribution in [1.29, 1.82) is 0 Å². The number of aromatic nitrogens is 4. The van der Waals surface area contributed by atoms with Crippen LogP contribution in [0.1, 0.15) is 60.3 Å². The van der Waals surface area contributed by atoms with Gasteiger partial charge in [-0.2, -0.15) is 0 Å². The van der Waals surface area contributed by atoms with Gasteiger partial charge in [0, 0.05) is 48.6 Å². The minimum atomic E-state index is -0.980. The molecule has 0 spiro atoms. The van der Waals surface area contributed by atoms with E-state index in [1.165, 1.54) is 18.2 Å². The van der Waals surface area contributed by atoms with Crippen LogP contribution in [0, 0.1) is 13.8 Å². The Morgan fingerprint density at radius 1 is 0.710 bits per heavy atom. The molecule has 2 aromatic heterocycles. The van der Waals surface area contributed by atoms with E-state index < -0.39 is 5.97 Å². The van der Waals surface area contributed by atoms with Gasteiger partial charge in [0.25, 0.3) is 11.1 Å². The summed E-state index contributed by atoms with van der Waals surface area (Å²) in [5, 5.41) is 9.60. The number of hydrogen-bond donors (Lipinski definition) is 6. The van der Waals surface area contributed by atoms with E-state index in [1.807, 2.05) is 114 Å². The molecule has 10 N–H and O–H groups in total. The van der Waals surface area contributed by atoms with Crippen molar-refractivity contribution in [3.63, 3.8) is 0 Å². The fourth-order valence-electron chi connectivity index (χ4n) is 4.48. The monoisotopic (exact) mass is 1710 g/mol. The summed E-state index contributed by atoms with van der Waals surface area (Å²) in [6, 6.07) is 35.5. The van der Waals surface area contributed by atoms with Crippen LogP contribution in [0.4, 0.5) is 11.4 Å². The first-order valence-electron chi connectivity index (χ1n) is 19.3. The van der Waals surface area contributed by atoms with E-state index in [0.29, 0.717) is 37.0 Å². The average molecular weight is 1710 g/mol. The first-order chi connectivity index (χ1) is 31.1. The summed E-state index contributed by atoms with van der Waals surface area (Å²) in [7, 11) is 0.628. The standard InChI is InChI=1S/C15H12N2O.C9H8N2O.C8H9NO2.C6H7N.2C2H6.I2.5HI.H3N.2V/c18-15-13-9-12(6-7-14(13)16-10-17-15)8-11-4-2-1-3-5-11;1-6-2-3-8-7(4-6)9(12)11-5-10-8;1-5-2-3-7(9)6(4-5)8(10)11;7-6-4-2-1-3-5-6;3*1-2;;;;;;;;/h1-7,9-10H,8H2,(H,16,17,18);2-5H,1H3,(H,10,11,12);2-4H,9H2,1H3,(H,10,11);1-5H,7H2;2*1-2H3;;5*1H;1H3;;/q;;;;;;;;;;;;;+2;+3/p-5/i/hD3. The molecule has 7 rings (SSSR count). The fraction of sp³-hybridized carbons (Fsp3) is 0.167. The van der Waals surface area contributed by atoms with Crippen molar-refractivity contribution in [2.75, 3.05) is 11.5 Å². The molecule has 0 saturated carbocycles. The Bertz CT molecular complexity index is 2460. The number of nitrogen functional groups attached to an aromatic ring is 2. The molecule has 7 aromatic rings. The Hall–Kier alpha value is -0.311. The Morgan fingerprint density at radius 3 is 1.53 bits per heavy atom. The third kappa shape index (κ3) is 30.1. The molecule has 0 atom stereocenters.